The standard InChI is InChI=1S/2C10H13NO2.C6H6O2/c2*1-3-13-10(12)11-9-7-5-4-6-8(9)2;7-5-3-1-2-4-6-8/h2*4-7H,3H2,1-2H3,(H,11,12);7-8H,5-6H2. The smallest absolute Gasteiger partial charge is 0.411 e. The Hall–Kier alpha value is -3.98. The summed E-state index contributed by atoms with van der Waals surface area (Å²) in [7, 11) is 0. The molecule has 0 aliphatic carbocycles. The lowest BCUT2D eigenvalue weighted by Crippen LogP contribution is -2.13. The zero-order chi connectivity index (χ0) is 25.6. The second-order valence-corrected chi connectivity index (χ2v) is 6.24. The van der Waals surface area contributed by atoms with Crippen LogP contribution in [0.25, 0.3) is 0 Å². The Balaban J connectivity index is 0.000000497. The summed E-state index contributed by atoms with van der Waals surface area (Å²) in [5, 5.41) is 21.4. The van der Waals surface area contributed by atoms with Gasteiger partial charge in [-0.05, 0) is 62.8 Å². The van der Waals surface area contributed by atoms with Crippen LogP contribution in [0.15, 0.2) is 48.5 Å². The minimum absolute atomic E-state index is 0.180. The van der Waals surface area contributed by atoms with E-state index in [0.29, 0.717) is 13.2 Å². The van der Waals surface area contributed by atoms with Gasteiger partial charge in [-0.3, -0.25) is 10.6 Å². The minimum atomic E-state index is -0.406. The fraction of sp³-hybridized carbons (Fsp3) is 0.308. The van der Waals surface area contributed by atoms with Crippen LogP contribution in [0.2, 0.25) is 0 Å². The highest BCUT2D eigenvalue weighted by Crippen LogP contribution is 2.13. The first-order valence-electron chi connectivity index (χ1n) is 10.6. The number of para-hydroxylation sites is 2. The van der Waals surface area contributed by atoms with Gasteiger partial charge in [-0.15, -0.1) is 0 Å². The quantitative estimate of drug-likeness (QED) is 0.502. The summed E-state index contributed by atoms with van der Waals surface area (Å²) in [6.45, 7) is 7.83. The molecule has 0 saturated carbocycles. The molecule has 0 aromatic heterocycles. The summed E-state index contributed by atoms with van der Waals surface area (Å²) >= 11 is 0. The molecular weight excluding hydrogens is 436 g/mol. The number of anilines is 2. The van der Waals surface area contributed by atoms with Gasteiger partial charge in [0.05, 0.1) is 13.2 Å². The molecule has 8 nitrogen and oxygen atoms in total. The molecule has 0 aliphatic heterocycles. The maximum Gasteiger partial charge on any atom is 0.411 e. The lowest BCUT2D eigenvalue weighted by Gasteiger charge is -2.06. The number of carbonyl (C=O) groups is 2. The van der Waals surface area contributed by atoms with E-state index < -0.39 is 12.2 Å². The van der Waals surface area contributed by atoms with Crippen molar-refractivity contribution in [1.29, 1.82) is 0 Å². The summed E-state index contributed by atoms with van der Waals surface area (Å²) in [6, 6.07) is 15.1. The van der Waals surface area contributed by atoms with Crippen molar-refractivity contribution in [2.75, 3.05) is 37.1 Å². The van der Waals surface area contributed by atoms with Crippen molar-refractivity contribution in [3.63, 3.8) is 0 Å². The van der Waals surface area contributed by atoms with Crippen molar-refractivity contribution < 1.29 is 29.3 Å². The third kappa shape index (κ3) is 14.9. The second kappa shape index (κ2) is 19.7. The lowest BCUT2D eigenvalue weighted by molar-refractivity contribution is 0.167. The molecule has 34 heavy (non-hydrogen) atoms. The van der Waals surface area contributed by atoms with Crippen LogP contribution in [0, 0.1) is 37.5 Å². The van der Waals surface area contributed by atoms with Gasteiger partial charge in [0.1, 0.15) is 13.2 Å². The van der Waals surface area contributed by atoms with Crippen LogP contribution in [-0.4, -0.2) is 48.8 Å². The zero-order valence-corrected chi connectivity index (χ0v) is 20.0. The minimum Gasteiger partial charge on any atom is -0.450 e. The Labute approximate surface area is 201 Å². The average Bonchev–Trinajstić information content (AvgIpc) is 2.81. The second-order valence-electron chi connectivity index (χ2n) is 6.24. The SMILES string of the molecule is CCOC(=O)Nc1ccccc1C.CCOC(=O)Nc1ccccc1C.OCC#CC#CCO. The number of aryl methyl sites for hydroxylation is 2. The Morgan fingerprint density at radius 2 is 1.09 bits per heavy atom. The molecule has 0 unspecified atom stereocenters. The molecule has 0 heterocycles. The number of nitrogens with one attached hydrogen (secondary N) is 2. The van der Waals surface area contributed by atoms with E-state index in [9.17, 15) is 9.59 Å². The maximum absolute atomic E-state index is 11.0. The molecule has 8 heteroatoms. The van der Waals surface area contributed by atoms with Crippen molar-refractivity contribution in [2.24, 2.45) is 0 Å². The monoisotopic (exact) mass is 468 g/mol. The van der Waals surface area contributed by atoms with E-state index in [-0.39, 0.29) is 13.2 Å². The highest BCUT2D eigenvalue weighted by atomic mass is 16.6. The van der Waals surface area contributed by atoms with Crippen LogP contribution in [0.5, 0.6) is 0 Å². The van der Waals surface area contributed by atoms with E-state index in [4.69, 9.17) is 19.7 Å². The van der Waals surface area contributed by atoms with Crippen molar-refractivity contribution in [3.8, 4) is 23.7 Å². The number of hydrogen-bond donors (Lipinski definition) is 4. The number of amides is 2. The highest BCUT2D eigenvalue weighted by molar-refractivity contribution is 5.86. The summed E-state index contributed by atoms with van der Waals surface area (Å²) in [6.07, 6.45) is -0.811. The first-order valence-corrected chi connectivity index (χ1v) is 10.6. The normalized spacial score (nSPS) is 8.53. The van der Waals surface area contributed by atoms with Crippen LogP contribution < -0.4 is 10.6 Å². The summed E-state index contributed by atoms with van der Waals surface area (Å²) < 4.78 is 9.50. The van der Waals surface area contributed by atoms with Gasteiger partial charge in [0.15, 0.2) is 0 Å². The first-order chi connectivity index (χ1) is 16.4. The molecule has 2 aromatic rings. The zero-order valence-electron chi connectivity index (χ0n) is 20.0. The topological polar surface area (TPSA) is 117 Å². The van der Waals surface area contributed by atoms with Crippen LogP contribution >= 0.6 is 0 Å². The van der Waals surface area contributed by atoms with E-state index in [2.05, 4.69) is 34.3 Å². The molecule has 0 saturated heterocycles. The van der Waals surface area contributed by atoms with E-state index in [1.165, 1.54) is 0 Å². The first kappa shape index (κ1) is 30.0. The maximum atomic E-state index is 11.0. The van der Waals surface area contributed by atoms with Crippen molar-refractivity contribution in [2.45, 2.75) is 27.7 Å². The van der Waals surface area contributed by atoms with Gasteiger partial charge in [0.2, 0.25) is 0 Å². The van der Waals surface area contributed by atoms with Crippen LogP contribution in [0.1, 0.15) is 25.0 Å². The van der Waals surface area contributed by atoms with Gasteiger partial charge < -0.3 is 19.7 Å². The number of carbonyl (C=O) groups excluding carboxylic acids is 2. The number of aliphatic hydroxyl groups excluding tert-OH is 2. The van der Waals surface area contributed by atoms with Gasteiger partial charge in [-0.25, -0.2) is 9.59 Å². The number of benzene rings is 2. The fourth-order valence-corrected chi connectivity index (χ4v) is 2.15. The van der Waals surface area contributed by atoms with Crippen LogP contribution in [0.4, 0.5) is 21.0 Å². The van der Waals surface area contributed by atoms with Crippen LogP contribution in [-0.2, 0) is 9.47 Å². The van der Waals surface area contributed by atoms with Gasteiger partial charge in [-0.1, -0.05) is 48.2 Å². The van der Waals surface area contributed by atoms with Crippen molar-refractivity contribution in [3.05, 3.63) is 59.7 Å². The number of rotatable bonds is 4. The molecule has 182 valence electrons. The Bertz CT molecular complexity index is 918. The molecular formula is C26H32N2O6. The Morgan fingerprint density at radius 3 is 1.38 bits per heavy atom. The van der Waals surface area contributed by atoms with Gasteiger partial charge in [-0.2, -0.15) is 0 Å². The molecule has 4 N–H and O–H groups in total. The van der Waals surface area contributed by atoms with E-state index >= 15 is 0 Å². The largest absolute Gasteiger partial charge is 0.450 e. The molecule has 0 radical (unpaired) electrons. The predicted octanol–water partition coefficient (Wildman–Crippen LogP) is 4.10. The molecule has 0 bridgehead atoms. The van der Waals surface area contributed by atoms with Gasteiger partial charge in [0.25, 0.3) is 0 Å². The molecule has 0 atom stereocenters. The summed E-state index contributed by atoms with van der Waals surface area (Å²) in [5.74, 6) is 9.24. The molecule has 0 fully saturated rings. The van der Waals surface area contributed by atoms with Crippen LogP contribution in [0.3, 0.4) is 0 Å². The van der Waals surface area contributed by atoms with E-state index in [1.807, 2.05) is 62.4 Å². The Kier molecular flexibility index (Phi) is 17.4. The molecule has 2 rings (SSSR count). The highest BCUT2D eigenvalue weighted by Gasteiger charge is 2.03. The molecule has 2 amide bonds. The third-order valence-corrected chi connectivity index (χ3v) is 3.71. The third-order valence-electron chi connectivity index (χ3n) is 3.71. The number of hydrogen-bond acceptors (Lipinski definition) is 6. The number of ether oxygens (including phenoxy) is 2. The molecule has 2 aromatic carbocycles. The van der Waals surface area contributed by atoms with Crippen molar-refractivity contribution in [1.82, 2.24) is 0 Å². The Morgan fingerprint density at radius 1 is 0.735 bits per heavy atom. The van der Waals surface area contributed by atoms with Gasteiger partial charge >= 0.3 is 12.2 Å². The lowest BCUT2D eigenvalue weighted by atomic mass is 10.2. The number of aliphatic hydroxyl groups is 2. The summed E-state index contributed by atoms with van der Waals surface area (Å²) in [5.41, 5.74) is 3.63. The molecule has 0 spiro atoms. The molecule has 0 aliphatic rings. The predicted molar refractivity (Wildman–Crippen MR) is 133 cm³/mol. The van der Waals surface area contributed by atoms with E-state index in [1.54, 1.807) is 13.8 Å². The average molecular weight is 469 g/mol. The van der Waals surface area contributed by atoms with Gasteiger partial charge in [0, 0.05) is 11.4 Å². The fourth-order valence-electron chi connectivity index (χ4n) is 2.15. The summed E-state index contributed by atoms with van der Waals surface area (Å²) in [4.78, 5) is 22.1. The van der Waals surface area contributed by atoms with E-state index in [0.717, 1.165) is 22.5 Å². The van der Waals surface area contributed by atoms with Crippen molar-refractivity contribution >= 4 is 23.6 Å².